The van der Waals surface area contributed by atoms with Crippen LogP contribution in [0.2, 0.25) is 0 Å². The van der Waals surface area contributed by atoms with Crippen molar-refractivity contribution >= 4 is 17.1 Å². The predicted molar refractivity (Wildman–Crippen MR) is 67.5 cm³/mol. The number of carboxylic acids is 1. The molecule has 2 aromatic rings. The van der Waals surface area contributed by atoms with Gasteiger partial charge in [0, 0.05) is 6.04 Å². The number of hydrogen-bond acceptors (Lipinski definition) is 4. The summed E-state index contributed by atoms with van der Waals surface area (Å²) >= 11 is 0. The molecule has 2 heterocycles. The fourth-order valence-corrected chi connectivity index (χ4v) is 2.82. The maximum Gasteiger partial charge on any atom is 0.340 e. The van der Waals surface area contributed by atoms with Gasteiger partial charge < -0.3 is 9.52 Å². The molecule has 0 radical (unpaired) electrons. The minimum atomic E-state index is -1.15. The maximum atomic E-state index is 12.5. The second-order valence-corrected chi connectivity index (χ2v) is 4.91. The van der Waals surface area contributed by atoms with E-state index in [2.05, 4.69) is 4.98 Å². The molecule has 1 aliphatic carbocycles. The molecule has 6 heteroatoms. The molecule has 0 amide bonds. The highest BCUT2D eigenvalue weighted by molar-refractivity contribution is 6.02. The van der Waals surface area contributed by atoms with Crippen molar-refractivity contribution in [2.45, 2.75) is 38.6 Å². The van der Waals surface area contributed by atoms with Crippen molar-refractivity contribution in [3.8, 4) is 0 Å². The zero-order valence-corrected chi connectivity index (χ0v) is 10.5. The smallest absolute Gasteiger partial charge is 0.340 e. The normalized spacial score (nSPS) is 16.3. The lowest BCUT2D eigenvalue weighted by molar-refractivity contribution is 0.0697. The quantitative estimate of drug-likeness (QED) is 0.895. The van der Waals surface area contributed by atoms with E-state index in [0.717, 1.165) is 25.7 Å². The molecule has 1 aliphatic rings. The number of carboxylic acid groups (broad SMARTS) is 1. The summed E-state index contributed by atoms with van der Waals surface area (Å²) in [6.07, 6.45) is 5.52. The number of carbonyl (C=O) groups is 1. The van der Waals surface area contributed by atoms with Crippen LogP contribution >= 0.6 is 0 Å². The molecule has 100 valence electrons. The molecule has 0 atom stereocenters. The highest BCUT2D eigenvalue weighted by Gasteiger charge is 2.25. The van der Waals surface area contributed by atoms with E-state index in [9.17, 15) is 14.7 Å². The number of aromatic nitrogens is 2. The van der Waals surface area contributed by atoms with Gasteiger partial charge in [-0.3, -0.25) is 9.36 Å². The monoisotopic (exact) mass is 262 g/mol. The predicted octanol–water partition coefficient (Wildman–Crippen LogP) is 2.11. The Morgan fingerprint density at radius 1 is 1.47 bits per heavy atom. The van der Waals surface area contributed by atoms with E-state index in [-0.39, 0.29) is 34.0 Å². The van der Waals surface area contributed by atoms with Gasteiger partial charge in [-0.2, -0.15) is 0 Å². The molecule has 0 unspecified atom stereocenters. The minimum Gasteiger partial charge on any atom is -0.478 e. The third-order valence-electron chi connectivity index (χ3n) is 3.75. The summed E-state index contributed by atoms with van der Waals surface area (Å²) in [6.45, 7) is 1.53. The van der Waals surface area contributed by atoms with Crippen LogP contribution in [0.4, 0.5) is 0 Å². The number of aryl methyl sites for hydroxylation is 1. The summed E-state index contributed by atoms with van der Waals surface area (Å²) in [5.74, 6) is -0.935. The molecule has 1 saturated carbocycles. The summed E-state index contributed by atoms with van der Waals surface area (Å²) in [5.41, 5.74) is -0.278. The fraction of sp³-hybridized carbons (Fsp3) is 0.462. The van der Waals surface area contributed by atoms with Crippen LogP contribution < -0.4 is 5.56 Å². The van der Waals surface area contributed by atoms with E-state index in [0.29, 0.717) is 0 Å². The van der Waals surface area contributed by atoms with Gasteiger partial charge >= 0.3 is 5.97 Å². The Hall–Kier alpha value is -2.11. The van der Waals surface area contributed by atoms with Gasteiger partial charge in [0.05, 0.1) is 0 Å². The Kier molecular flexibility index (Phi) is 2.66. The Bertz CT molecular complexity index is 707. The molecular weight excluding hydrogens is 248 g/mol. The highest BCUT2D eigenvalue weighted by atomic mass is 16.4. The van der Waals surface area contributed by atoms with Crippen molar-refractivity contribution in [3.05, 3.63) is 28.0 Å². The fourth-order valence-electron chi connectivity index (χ4n) is 2.82. The number of fused-ring (bicyclic) bond motifs is 1. The molecular formula is C13H14N2O4. The first-order chi connectivity index (χ1) is 9.09. The first-order valence-electron chi connectivity index (χ1n) is 6.33. The lowest BCUT2D eigenvalue weighted by Crippen LogP contribution is -2.24. The van der Waals surface area contributed by atoms with Crippen molar-refractivity contribution in [1.29, 1.82) is 0 Å². The molecule has 0 aromatic carbocycles. The minimum absolute atomic E-state index is 0.0696. The van der Waals surface area contributed by atoms with Crippen molar-refractivity contribution in [2.75, 3.05) is 0 Å². The van der Waals surface area contributed by atoms with Gasteiger partial charge in [-0.15, -0.1) is 0 Å². The van der Waals surface area contributed by atoms with E-state index in [1.165, 1.54) is 13.3 Å². The lowest BCUT2D eigenvalue weighted by atomic mass is 10.2. The lowest BCUT2D eigenvalue weighted by Gasteiger charge is -2.11. The van der Waals surface area contributed by atoms with Crippen LogP contribution in [0.1, 0.15) is 47.8 Å². The molecule has 0 bridgehead atoms. The van der Waals surface area contributed by atoms with E-state index in [1.807, 2.05) is 0 Å². The first-order valence-corrected chi connectivity index (χ1v) is 6.33. The topological polar surface area (TPSA) is 85.3 Å². The van der Waals surface area contributed by atoms with E-state index < -0.39 is 5.97 Å². The van der Waals surface area contributed by atoms with Crippen LogP contribution in [0.5, 0.6) is 0 Å². The largest absolute Gasteiger partial charge is 0.478 e. The molecule has 0 aliphatic heterocycles. The highest BCUT2D eigenvalue weighted by Crippen LogP contribution is 2.29. The van der Waals surface area contributed by atoms with Crippen LogP contribution in [0.3, 0.4) is 0 Å². The first kappa shape index (κ1) is 12.0. The summed E-state index contributed by atoms with van der Waals surface area (Å²) in [7, 11) is 0. The number of furan rings is 1. The van der Waals surface area contributed by atoms with Gasteiger partial charge in [-0.1, -0.05) is 12.8 Å². The third-order valence-corrected chi connectivity index (χ3v) is 3.75. The van der Waals surface area contributed by atoms with Crippen LogP contribution in [-0.2, 0) is 0 Å². The van der Waals surface area contributed by atoms with Gasteiger partial charge in [-0.05, 0) is 19.8 Å². The van der Waals surface area contributed by atoms with Crippen molar-refractivity contribution in [1.82, 2.24) is 9.55 Å². The zero-order valence-electron chi connectivity index (χ0n) is 10.5. The van der Waals surface area contributed by atoms with Crippen molar-refractivity contribution in [3.63, 3.8) is 0 Å². The standard InChI is InChI=1S/C13H14N2O4/c1-7-9(13(17)18)10-11(19-7)14-6-15(12(10)16)8-4-2-3-5-8/h6,8H,2-5H2,1H3,(H,17,18). The number of aromatic carboxylic acids is 1. The number of hydrogen-bond donors (Lipinski definition) is 1. The third kappa shape index (κ3) is 1.75. The molecule has 0 saturated heterocycles. The summed E-state index contributed by atoms with van der Waals surface area (Å²) < 4.78 is 6.81. The van der Waals surface area contributed by atoms with E-state index in [1.54, 1.807) is 4.57 Å². The van der Waals surface area contributed by atoms with Crippen LogP contribution in [-0.4, -0.2) is 20.6 Å². The SMILES string of the molecule is Cc1oc2ncn(C3CCCC3)c(=O)c2c1C(=O)O. The Morgan fingerprint density at radius 3 is 2.79 bits per heavy atom. The second-order valence-electron chi connectivity index (χ2n) is 4.91. The van der Waals surface area contributed by atoms with Crippen molar-refractivity contribution < 1.29 is 14.3 Å². The molecule has 2 aromatic heterocycles. The Morgan fingerprint density at radius 2 is 2.16 bits per heavy atom. The van der Waals surface area contributed by atoms with Gasteiger partial charge in [0.15, 0.2) is 0 Å². The molecule has 1 fully saturated rings. The zero-order chi connectivity index (χ0) is 13.6. The van der Waals surface area contributed by atoms with Gasteiger partial charge in [0.2, 0.25) is 5.71 Å². The van der Waals surface area contributed by atoms with Gasteiger partial charge in [0.1, 0.15) is 23.0 Å². The maximum absolute atomic E-state index is 12.5. The number of rotatable bonds is 2. The second kappa shape index (κ2) is 4.22. The van der Waals surface area contributed by atoms with Gasteiger partial charge in [0.25, 0.3) is 5.56 Å². The van der Waals surface area contributed by atoms with Crippen LogP contribution in [0.25, 0.3) is 11.1 Å². The Balaban J connectivity index is 2.28. The average Bonchev–Trinajstić information content (AvgIpc) is 2.96. The Labute approximate surface area is 108 Å². The van der Waals surface area contributed by atoms with Gasteiger partial charge in [-0.25, -0.2) is 9.78 Å². The van der Waals surface area contributed by atoms with Crippen molar-refractivity contribution in [2.24, 2.45) is 0 Å². The van der Waals surface area contributed by atoms with E-state index >= 15 is 0 Å². The molecule has 3 rings (SSSR count). The molecule has 1 N–H and O–H groups in total. The molecule has 6 nitrogen and oxygen atoms in total. The summed E-state index contributed by atoms with van der Waals surface area (Å²) in [6, 6.07) is 0.126. The summed E-state index contributed by atoms with van der Waals surface area (Å²) in [5, 5.41) is 9.28. The average molecular weight is 262 g/mol. The van der Waals surface area contributed by atoms with Crippen LogP contribution in [0.15, 0.2) is 15.5 Å². The van der Waals surface area contributed by atoms with Crippen LogP contribution in [0, 0.1) is 6.92 Å². The number of nitrogens with zero attached hydrogens (tertiary/aromatic N) is 2. The summed E-state index contributed by atoms with van der Waals surface area (Å²) in [4.78, 5) is 27.8. The molecule has 0 spiro atoms. The molecule has 19 heavy (non-hydrogen) atoms. The van der Waals surface area contributed by atoms with E-state index in [4.69, 9.17) is 4.42 Å².